The van der Waals surface area contributed by atoms with Crippen LogP contribution in [0.15, 0.2) is 24.3 Å². The van der Waals surface area contributed by atoms with E-state index in [1.807, 2.05) is 56.9 Å². The minimum absolute atomic E-state index is 0.0736. The van der Waals surface area contributed by atoms with Crippen molar-refractivity contribution in [2.45, 2.75) is 44.8 Å². The molecule has 1 heterocycles. The van der Waals surface area contributed by atoms with Crippen LogP contribution in [0.2, 0.25) is 0 Å². The second-order valence-electron chi connectivity index (χ2n) is 7.47. The summed E-state index contributed by atoms with van der Waals surface area (Å²) in [5.41, 5.74) is -0.184. The first kappa shape index (κ1) is 18.7. The molecular formula is C19H29NO4. The Labute approximate surface area is 144 Å². The number of ether oxygens (including phenoxy) is 3. The van der Waals surface area contributed by atoms with Crippen LogP contribution in [0.3, 0.4) is 0 Å². The predicted molar refractivity (Wildman–Crippen MR) is 93.4 cm³/mol. The third-order valence-electron chi connectivity index (χ3n) is 4.44. The summed E-state index contributed by atoms with van der Waals surface area (Å²) < 4.78 is 16.7. The topological polar surface area (TPSA) is 48.0 Å². The molecule has 1 aliphatic heterocycles. The minimum Gasteiger partial charge on any atom is -0.496 e. The van der Waals surface area contributed by atoms with Gasteiger partial charge in [-0.25, -0.2) is 0 Å². The van der Waals surface area contributed by atoms with E-state index in [1.54, 1.807) is 14.2 Å². The van der Waals surface area contributed by atoms with Gasteiger partial charge in [-0.3, -0.25) is 4.79 Å². The van der Waals surface area contributed by atoms with Crippen LogP contribution in [-0.2, 0) is 19.7 Å². The molecule has 1 amide bonds. The Kier molecular flexibility index (Phi) is 5.56. The number of nitrogens with zero attached hydrogens (tertiary/aromatic N) is 1. The molecule has 134 valence electrons. The molecule has 0 aliphatic carbocycles. The first-order chi connectivity index (χ1) is 11.2. The zero-order chi connectivity index (χ0) is 18.0. The van der Waals surface area contributed by atoms with E-state index < -0.39 is 11.0 Å². The van der Waals surface area contributed by atoms with Crippen LogP contribution in [0.4, 0.5) is 0 Å². The second kappa shape index (κ2) is 7.11. The summed E-state index contributed by atoms with van der Waals surface area (Å²) in [6.07, 6.45) is -0.115. The van der Waals surface area contributed by atoms with Crippen LogP contribution in [0.1, 0.15) is 33.3 Å². The molecule has 1 aromatic carbocycles. The summed E-state index contributed by atoms with van der Waals surface area (Å²) in [6, 6.07) is 7.69. The summed E-state index contributed by atoms with van der Waals surface area (Å²) in [7, 11) is 3.28. The quantitative estimate of drug-likeness (QED) is 0.830. The van der Waals surface area contributed by atoms with Crippen molar-refractivity contribution >= 4 is 5.91 Å². The highest BCUT2D eigenvalue weighted by atomic mass is 16.5. The van der Waals surface area contributed by atoms with Gasteiger partial charge in [-0.15, -0.1) is 0 Å². The number of amides is 1. The highest BCUT2D eigenvalue weighted by Crippen LogP contribution is 2.34. The van der Waals surface area contributed by atoms with Gasteiger partial charge in [0.15, 0.2) is 0 Å². The van der Waals surface area contributed by atoms with E-state index in [4.69, 9.17) is 14.2 Å². The van der Waals surface area contributed by atoms with Crippen LogP contribution >= 0.6 is 0 Å². The number of hydrogen-bond donors (Lipinski definition) is 0. The molecule has 1 saturated heterocycles. The Morgan fingerprint density at radius 1 is 1.33 bits per heavy atom. The van der Waals surface area contributed by atoms with Gasteiger partial charge in [-0.05, 0) is 33.8 Å². The monoisotopic (exact) mass is 335 g/mol. The maximum atomic E-state index is 13.3. The number of para-hydroxylation sites is 1. The van der Waals surface area contributed by atoms with Gasteiger partial charge in [0.2, 0.25) is 5.91 Å². The van der Waals surface area contributed by atoms with Crippen LogP contribution in [0.25, 0.3) is 0 Å². The lowest BCUT2D eigenvalue weighted by Gasteiger charge is -2.45. The summed E-state index contributed by atoms with van der Waals surface area (Å²) in [6.45, 7) is 9.47. The van der Waals surface area contributed by atoms with Crippen molar-refractivity contribution in [1.29, 1.82) is 0 Å². The Morgan fingerprint density at radius 3 is 2.62 bits per heavy atom. The van der Waals surface area contributed by atoms with Gasteiger partial charge in [-0.2, -0.15) is 0 Å². The lowest BCUT2D eigenvalue weighted by atomic mass is 9.82. The minimum atomic E-state index is -0.683. The molecule has 5 heteroatoms. The number of carbonyl (C=O) groups excluding carboxylic acids is 1. The van der Waals surface area contributed by atoms with E-state index in [0.29, 0.717) is 19.7 Å². The summed E-state index contributed by atoms with van der Waals surface area (Å²) in [4.78, 5) is 15.2. The van der Waals surface area contributed by atoms with E-state index in [9.17, 15) is 4.79 Å². The summed E-state index contributed by atoms with van der Waals surface area (Å²) >= 11 is 0. The summed E-state index contributed by atoms with van der Waals surface area (Å²) in [5.74, 6) is 0.807. The SMILES string of the molecule is COC[C@H]1CN(C(=O)C(C)(C)c2ccccc2OC)CC(C)(C)O1. The molecule has 0 spiro atoms. The lowest BCUT2D eigenvalue weighted by Crippen LogP contribution is -2.58. The molecule has 2 rings (SSSR count). The van der Waals surface area contributed by atoms with Crippen molar-refractivity contribution in [1.82, 2.24) is 4.90 Å². The molecule has 1 atom stereocenters. The maximum Gasteiger partial charge on any atom is 0.232 e. The molecule has 5 nitrogen and oxygen atoms in total. The van der Waals surface area contributed by atoms with E-state index in [2.05, 4.69) is 0 Å². The first-order valence-electron chi connectivity index (χ1n) is 8.31. The number of carbonyl (C=O) groups is 1. The van der Waals surface area contributed by atoms with Gasteiger partial charge >= 0.3 is 0 Å². The van der Waals surface area contributed by atoms with Gasteiger partial charge in [0, 0.05) is 25.8 Å². The Balaban J connectivity index is 2.28. The first-order valence-corrected chi connectivity index (χ1v) is 8.31. The number of hydrogen-bond acceptors (Lipinski definition) is 4. The normalized spacial score (nSPS) is 20.8. The molecule has 0 bridgehead atoms. The molecule has 0 radical (unpaired) electrons. The Bertz CT molecular complexity index is 582. The predicted octanol–water partition coefficient (Wildman–Crippen LogP) is 2.63. The van der Waals surface area contributed by atoms with Crippen molar-refractivity contribution in [2.75, 3.05) is 33.9 Å². The number of morpholine rings is 1. The number of rotatable bonds is 5. The second-order valence-corrected chi connectivity index (χ2v) is 7.47. The van der Waals surface area contributed by atoms with E-state index in [1.165, 1.54) is 0 Å². The fourth-order valence-electron chi connectivity index (χ4n) is 3.39. The fraction of sp³-hybridized carbons (Fsp3) is 0.632. The molecular weight excluding hydrogens is 306 g/mol. The maximum absolute atomic E-state index is 13.3. The van der Waals surface area contributed by atoms with Crippen molar-refractivity contribution in [2.24, 2.45) is 0 Å². The smallest absolute Gasteiger partial charge is 0.232 e. The van der Waals surface area contributed by atoms with Gasteiger partial charge in [0.05, 0.1) is 30.8 Å². The van der Waals surface area contributed by atoms with Crippen molar-refractivity contribution in [3.05, 3.63) is 29.8 Å². The molecule has 0 saturated carbocycles. The van der Waals surface area contributed by atoms with Crippen molar-refractivity contribution in [3.63, 3.8) is 0 Å². The average molecular weight is 335 g/mol. The lowest BCUT2D eigenvalue weighted by molar-refractivity contribution is -0.172. The van der Waals surface area contributed by atoms with Crippen LogP contribution in [0.5, 0.6) is 5.75 Å². The zero-order valence-electron chi connectivity index (χ0n) is 15.6. The Hall–Kier alpha value is -1.59. The summed E-state index contributed by atoms with van der Waals surface area (Å²) in [5, 5.41) is 0. The van der Waals surface area contributed by atoms with Gasteiger partial charge in [-0.1, -0.05) is 18.2 Å². The average Bonchev–Trinajstić information content (AvgIpc) is 2.52. The number of benzene rings is 1. The van der Waals surface area contributed by atoms with Crippen molar-refractivity contribution in [3.8, 4) is 5.75 Å². The van der Waals surface area contributed by atoms with E-state index in [0.717, 1.165) is 11.3 Å². The van der Waals surface area contributed by atoms with Crippen LogP contribution < -0.4 is 4.74 Å². The third kappa shape index (κ3) is 3.90. The highest BCUT2D eigenvalue weighted by molar-refractivity contribution is 5.88. The number of methoxy groups -OCH3 is 2. The largest absolute Gasteiger partial charge is 0.496 e. The molecule has 0 aromatic heterocycles. The fourth-order valence-corrected chi connectivity index (χ4v) is 3.39. The highest BCUT2D eigenvalue weighted by Gasteiger charge is 2.42. The molecule has 1 aromatic rings. The van der Waals surface area contributed by atoms with Crippen LogP contribution in [0, 0.1) is 0 Å². The third-order valence-corrected chi connectivity index (χ3v) is 4.44. The van der Waals surface area contributed by atoms with E-state index in [-0.39, 0.29) is 12.0 Å². The molecule has 24 heavy (non-hydrogen) atoms. The standard InChI is InChI=1S/C19H29NO4/c1-18(2)13-20(11-14(24-18)12-22-5)17(21)19(3,4)15-9-7-8-10-16(15)23-6/h7-10,14H,11-13H2,1-6H3/t14-/m1/s1. The molecule has 1 fully saturated rings. The zero-order valence-corrected chi connectivity index (χ0v) is 15.6. The van der Waals surface area contributed by atoms with Crippen LogP contribution in [-0.4, -0.2) is 56.4 Å². The van der Waals surface area contributed by atoms with E-state index >= 15 is 0 Å². The van der Waals surface area contributed by atoms with Gasteiger partial charge < -0.3 is 19.1 Å². The van der Waals surface area contributed by atoms with Crippen molar-refractivity contribution < 1.29 is 19.0 Å². The molecule has 1 aliphatic rings. The molecule has 0 N–H and O–H groups in total. The van der Waals surface area contributed by atoms with Gasteiger partial charge in [0.25, 0.3) is 0 Å². The Morgan fingerprint density at radius 2 is 2.00 bits per heavy atom. The van der Waals surface area contributed by atoms with Gasteiger partial charge in [0.1, 0.15) is 5.75 Å². The molecule has 0 unspecified atom stereocenters.